The molecule has 0 radical (unpaired) electrons. The first-order valence-corrected chi connectivity index (χ1v) is 10.4. The SMILES string of the molecule is Cl.Cl.Nc1ccccc1N1CCN(CCCOc2cccc3c2CCCC3)CC1. The molecule has 4 rings (SSSR count). The van der Waals surface area contributed by atoms with Crippen LogP contribution in [0.5, 0.6) is 5.75 Å². The molecule has 2 aliphatic rings. The highest BCUT2D eigenvalue weighted by molar-refractivity contribution is 5.85. The second-order valence-corrected chi connectivity index (χ2v) is 7.69. The molecule has 1 fully saturated rings. The van der Waals surface area contributed by atoms with Crippen molar-refractivity contribution in [2.24, 2.45) is 0 Å². The van der Waals surface area contributed by atoms with Gasteiger partial charge in [-0.15, -0.1) is 24.8 Å². The fraction of sp³-hybridized carbons (Fsp3) is 0.478. The number of nitrogens with two attached hydrogens (primary N) is 1. The van der Waals surface area contributed by atoms with Crippen LogP contribution in [0.25, 0.3) is 0 Å². The van der Waals surface area contributed by atoms with Crippen LogP contribution in [0, 0.1) is 0 Å². The van der Waals surface area contributed by atoms with Gasteiger partial charge in [-0.05, 0) is 61.4 Å². The zero-order valence-corrected chi connectivity index (χ0v) is 18.6. The summed E-state index contributed by atoms with van der Waals surface area (Å²) in [5.41, 5.74) is 11.1. The lowest BCUT2D eigenvalue weighted by molar-refractivity contribution is 0.224. The zero-order valence-electron chi connectivity index (χ0n) is 17.0. The van der Waals surface area contributed by atoms with E-state index in [-0.39, 0.29) is 24.8 Å². The van der Waals surface area contributed by atoms with Crippen LogP contribution in [0.3, 0.4) is 0 Å². The maximum Gasteiger partial charge on any atom is 0.122 e. The van der Waals surface area contributed by atoms with E-state index in [1.165, 1.54) is 42.5 Å². The van der Waals surface area contributed by atoms with E-state index >= 15 is 0 Å². The molecule has 1 heterocycles. The first-order chi connectivity index (χ1) is 13.3. The molecule has 1 aliphatic carbocycles. The molecule has 2 N–H and O–H groups in total. The van der Waals surface area contributed by atoms with Gasteiger partial charge >= 0.3 is 0 Å². The summed E-state index contributed by atoms with van der Waals surface area (Å²) in [6.45, 7) is 6.18. The van der Waals surface area contributed by atoms with Crippen LogP contribution in [-0.2, 0) is 12.8 Å². The van der Waals surface area contributed by atoms with Crippen molar-refractivity contribution in [3.8, 4) is 5.75 Å². The van der Waals surface area contributed by atoms with Gasteiger partial charge < -0.3 is 15.4 Å². The Labute approximate surface area is 187 Å². The molecule has 0 saturated carbocycles. The molecule has 0 atom stereocenters. The number of aryl methyl sites for hydroxylation is 1. The average Bonchev–Trinajstić information content (AvgIpc) is 2.72. The average molecular weight is 438 g/mol. The van der Waals surface area contributed by atoms with Crippen molar-refractivity contribution in [3.05, 3.63) is 53.6 Å². The molecular formula is C23H33Cl2N3O. The van der Waals surface area contributed by atoms with Gasteiger partial charge in [0.15, 0.2) is 0 Å². The molecule has 0 amide bonds. The molecule has 0 bridgehead atoms. The number of halogens is 2. The molecule has 0 spiro atoms. The third-order valence-corrected chi connectivity index (χ3v) is 5.88. The van der Waals surface area contributed by atoms with Gasteiger partial charge in [0.1, 0.15) is 5.75 Å². The van der Waals surface area contributed by atoms with Crippen LogP contribution in [0.15, 0.2) is 42.5 Å². The van der Waals surface area contributed by atoms with Crippen molar-refractivity contribution < 1.29 is 4.74 Å². The fourth-order valence-corrected chi connectivity index (χ4v) is 4.34. The van der Waals surface area contributed by atoms with Crippen molar-refractivity contribution in [1.29, 1.82) is 0 Å². The lowest BCUT2D eigenvalue weighted by atomic mass is 9.91. The number of piperazine rings is 1. The van der Waals surface area contributed by atoms with Crippen molar-refractivity contribution in [1.82, 2.24) is 4.90 Å². The van der Waals surface area contributed by atoms with Gasteiger partial charge in [-0.2, -0.15) is 0 Å². The van der Waals surface area contributed by atoms with Crippen LogP contribution < -0.4 is 15.4 Å². The number of para-hydroxylation sites is 2. The van der Waals surface area contributed by atoms with E-state index in [0.717, 1.165) is 57.2 Å². The Morgan fingerprint density at radius 3 is 2.41 bits per heavy atom. The highest BCUT2D eigenvalue weighted by atomic mass is 35.5. The van der Waals surface area contributed by atoms with E-state index in [2.05, 4.69) is 40.1 Å². The molecule has 29 heavy (non-hydrogen) atoms. The largest absolute Gasteiger partial charge is 0.493 e. The summed E-state index contributed by atoms with van der Waals surface area (Å²) in [6.07, 6.45) is 6.08. The quantitative estimate of drug-likeness (QED) is 0.530. The summed E-state index contributed by atoms with van der Waals surface area (Å²) < 4.78 is 6.15. The maximum absolute atomic E-state index is 6.15. The number of anilines is 2. The van der Waals surface area contributed by atoms with Gasteiger partial charge in [-0.25, -0.2) is 0 Å². The third kappa shape index (κ3) is 5.94. The number of hydrogen-bond acceptors (Lipinski definition) is 4. The Hall–Kier alpha value is -1.62. The first-order valence-electron chi connectivity index (χ1n) is 10.4. The summed E-state index contributed by atoms with van der Waals surface area (Å²) in [4.78, 5) is 4.94. The Morgan fingerprint density at radius 1 is 0.862 bits per heavy atom. The minimum absolute atomic E-state index is 0. The van der Waals surface area contributed by atoms with E-state index in [4.69, 9.17) is 10.5 Å². The summed E-state index contributed by atoms with van der Waals surface area (Å²) in [6, 6.07) is 14.7. The molecule has 160 valence electrons. The summed E-state index contributed by atoms with van der Waals surface area (Å²) in [5.74, 6) is 1.12. The molecule has 0 unspecified atom stereocenters. The highest BCUT2D eigenvalue weighted by Crippen LogP contribution is 2.29. The minimum Gasteiger partial charge on any atom is -0.493 e. The third-order valence-electron chi connectivity index (χ3n) is 5.88. The number of benzene rings is 2. The van der Waals surface area contributed by atoms with Gasteiger partial charge in [0.25, 0.3) is 0 Å². The topological polar surface area (TPSA) is 41.7 Å². The Morgan fingerprint density at radius 2 is 1.62 bits per heavy atom. The van der Waals surface area contributed by atoms with Crippen LogP contribution >= 0.6 is 24.8 Å². The second-order valence-electron chi connectivity index (χ2n) is 7.69. The summed E-state index contributed by atoms with van der Waals surface area (Å²) >= 11 is 0. The normalized spacial score (nSPS) is 16.3. The standard InChI is InChI=1S/C23H31N3O.2ClH/c24-21-10-3-4-11-22(21)26-16-14-25(15-17-26)13-6-18-27-23-12-5-8-19-7-1-2-9-20(19)23;;/h3-5,8,10-12H,1-2,6-7,9,13-18,24H2;2*1H. The van der Waals surface area contributed by atoms with Crippen molar-refractivity contribution in [3.63, 3.8) is 0 Å². The van der Waals surface area contributed by atoms with Gasteiger partial charge in [0.05, 0.1) is 18.0 Å². The van der Waals surface area contributed by atoms with Crippen LogP contribution in [0.1, 0.15) is 30.4 Å². The lowest BCUT2D eigenvalue weighted by Gasteiger charge is -2.36. The predicted octanol–water partition coefficient (Wildman–Crippen LogP) is 4.58. The van der Waals surface area contributed by atoms with E-state index in [1.54, 1.807) is 0 Å². The maximum atomic E-state index is 6.15. The molecular weight excluding hydrogens is 405 g/mol. The molecule has 1 saturated heterocycles. The van der Waals surface area contributed by atoms with Gasteiger partial charge in [0, 0.05) is 32.7 Å². The molecule has 2 aromatic carbocycles. The van der Waals surface area contributed by atoms with E-state index < -0.39 is 0 Å². The van der Waals surface area contributed by atoms with Crippen molar-refractivity contribution in [2.75, 3.05) is 50.0 Å². The molecule has 4 nitrogen and oxygen atoms in total. The van der Waals surface area contributed by atoms with Crippen LogP contribution in [-0.4, -0.2) is 44.2 Å². The first kappa shape index (κ1) is 23.7. The van der Waals surface area contributed by atoms with Crippen LogP contribution in [0.4, 0.5) is 11.4 Å². The Balaban J connectivity index is 0.00000150. The molecule has 1 aliphatic heterocycles. The van der Waals surface area contributed by atoms with Gasteiger partial charge in [-0.3, -0.25) is 4.90 Å². The molecule has 0 aromatic heterocycles. The predicted molar refractivity (Wildman–Crippen MR) is 127 cm³/mol. The second kappa shape index (κ2) is 11.5. The number of nitrogen functional groups attached to an aromatic ring is 1. The lowest BCUT2D eigenvalue weighted by Crippen LogP contribution is -2.47. The molecule has 6 heteroatoms. The van der Waals surface area contributed by atoms with Crippen LogP contribution in [0.2, 0.25) is 0 Å². The van der Waals surface area contributed by atoms with Crippen molar-refractivity contribution in [2.45, 2.75) is 32.1 Å². The number of rotatable bonds is 6. The van der Waals surface area contributed by atoms with Crippen molar-refractivity contribution >= 4 is 36.2 Å². The highest BCUT2D eigenvalue weighted by Gasteiger charge is 2.18. The van der Waals surface area contributed by atoms with Gasteiger partial charge in [-0.1, -0.05) is 24.3 Å². The number of nitrogens with zero attached hydrogens (tertiary/aromatic N) is 2. The summed E-state index contributed by atoms with van der Waals surface area (Å²) in [5, 5.41) is 0. The van der Waals surface area contributed by atoms with E-state index in [9.17, 15) is 0 Å². The van der Waals surface area contributed by atoms with E-state index in [0.29, 0.717) is 0 Å². The Bertz CT molecular complexity index is 764. The van der Waals surface area contributed by atoms with Gasteiger partial charge in [0.2, 0.25) is 0 Å². The monoisotopic (exact) mass is 437 g/mol. The number of hydrogen-bond donors (Lipinski definition) is 1. The minimum atomic E-state index is 0. The fourth-order valence-electron chi connectivity index (χ4n) is 4.34. The number of fused-ring (bicyclic) bond motifs is 1. The molecule has 2 aromatic rings. The smallest absolute Gasteiger partial charge is 0.122 e. The Kier molecular flexibility index (Phi) is 9.41. The number of ether oxygens (including phenoxy) is 1. The summed E-state index contributed by atoms with van der Waals surface area (Å²) in [7, 11) is 0. The van der Waals surface area contributed by atoms with E-state index in [1.807, 2.05) is 12.1 Å². The zero-order chi connectivity index (χ0) is 18.5.